The number of primary amides is 1. The van der Waals surface area contributed by atoms with Crippen molar-refractivity contribution < 1.29 is 4.79 Å². The van der Waals surface area contributed by atoms with Gasteiger partial charge in [-0.3, -0.25) is 4.79 Å². The molecule has 1 aromatic heterocycles. The van der Waals surface area contributed by atoms with E-state index in [1.54, 1.807) is 12.1 Å². The average molecular weight is 286 g/mol. The molecule has 0 spiro atoms. The molecule has 20 heavy (non-hydrogen) atoms. The number of amides is 1. The smallest absolute Gasteiger partial charge is 0.250 e. The molecule has 4 N–H and O–H groups in total. The zero-order chi connectivity index (χ0) is 14.7. The minimum atomic E-state index is -0.493. The second-order valence-corrected chi connectivity index (χ2v) is 4.68. The van der Waals surface area contributed by atoms with Crippen molar-refractivity contribution >= 4 is 34.6 Å². The molecule has 2 aromatic rings. The predicted molar refractivity (Wildman–Crippen MR) is 83.1 cm³/mol. The van der Waals surface area contributed by atoms with Crippen LogP contribution in [-0.2, 0) is 0 Å². The molecular weight excluding hydrogens is 272 g/mol. The molecular formula is C14H14N4OS. The topological polar surface area (TPSA) is 85.2 Å². The van der Waals surface area contributed by atoms with Gasteiger partial charge < -0.3 is 16.4 Å². The van der Waals surface area contributed by atoms with Crippen molar-refractivity contribution in [3.8, 4) is 0 Å². The molecule has 0 aliphatic heterocycles. The highest BCUT2D eigenvalue weighted by Crippen LogP contribution is 2.21. The molecule has 5 nitrogen and oxygen atoms in total. The van der Waals surface area contributed by atoms with Crippen LogP contribution in [0.25, 0.3) is 0 Å². The van der Waals surface area contributed by atoms with Crippen molar-refractivity contribution in [2.75, 3.05) is 11.9 Å². The highest BCUT2D eigenvalue weighted by Gasteiger charge is 2.07. The van der Waals surface area contributed by atoms with Gasteiger partial charge in [-0.05, 0) is 36.4 Å². The number of hydrogen-bond acceptors (Lipinski definition) is 4. The van der Waals surface area contributed by atoms with E-state index in [0.717, 1.165) is 11.3 Å². The van der Waals surface area contributed by atoms with Crippen LogP contribution >= 0.6 is 12.2 Å². The van der Waals surface area contributed by atoms with Gasteiger partial charge in [0.05, 0.1) is 5.56 Å². The molecule has 0 fully saturated rings. The van der Waals surface area contributed by atoms with Crippen molar-refractivity contribution in [3.63, 3.8) is 0 Å². The maximum atomic E-state index is 11.0. The molecule has 0 aliphatic carbocycles. The summed E-state index contributed by atoms with van der Waals surface area (Å²) in [5, 5.41) is 0. The Labute approximate surface area is 122 Å². The van der Waals surface area contributed by atoms with Crippen LogP contribution in [0.5, 0.6) is 0 Å². The molecule has 0 saturated carbocycles. The highest BCUT2D eigenvalue weighted by molar-refractivity contribution is 7.80. The van der Waals surface area contributed by atoms with E-state index >= 15 is 0 Å². The minimum absolute atomic E-state index is 0.364. The van der Waals surface area contributed by atoms with Crippen LogP contribution in [0.15, 0.2) is 42.6 Å². The number of thiocarbonyl (C=S) groups is 1. The van der Waals surface area contributed by atoms with Gasteiger partial charge in [0, 0.05) is 24.5 Å². The number of nitrogens with zero attached hydrogens (tertiary/aromatic N) is 2. The maximum Gasteiger partial charge on any atom is 0.250 e. The molecule has 1 heterocycles. The number of aromatic nitrogens is 1. The van der Waals surface area contributed by atoms with Gasteiger partial charge in [-0.1, -0.05) is 12.2 Å². The third kappa shape index (κ3) is 2.92. The Kier molecular flexibility index (Phi) is 3.95. The lowest BCUT2D eigenvalue weighted by Crippen LogP contribution is -2.14. The first-order chi connectivity index (χ1) is 9.49. The first-order valence-corrected chi connectivity index (χ1v) is 6.29. The summed E-state index contributed by atoms with van der Waals surface area (Å²) < 4.78 is 0. The summed E-state index contributed by atoms with van der Waals surface area (Å²) in [5.74, 6) is 0.214. The van der Waals surface area contributed by atoms with Gasteiger partial charge in [-0.25, -0.2) is 4.98 Å². The Morgan fingerprint density at radius 3 is 2.15 bits per heavy atom. The molecule has 0 bridgehead atoms. The van der Waals surface area contributed by atoms with Crippen LogP contribution in [0.4, 0.5) is 11.5 Å². The number of nitrogens with two attached hydrogens (primary N) is 2. The van der Waals surface area contributed by atoms with E-state index in [-0.39, 0.29) is 0 Å². The molecule has 6 heteroatoms. The van der Waals surface area contributed by atoms with Gasteiger partial charge in [0.2, 0.25) is 5.91 Å². The lowest BCUT2D eigenvalue weighted by atomic mass is 10.2. The van der Waals surface area contributed by atoms with Crippen LogP contribution in [0, 0.1) is 0 Å². The van der Waals surface area contributed by atoms with Crippen LogP contribution in [0.1, 0.15) is 15.9 Å². The molecule has 0 radical (unpaired) electrons. The Morgan fingerprint density at radius 2 is 1.70 bits per heavy atom. The zero-order valence-corrected chi connectivity index (χ0v) is 11.7. The third-order valence-electron chi connectivity index (χ3n) is 2.92. The maximum absolute atomic E-state index is 11.0. The quantitative estimate of drug-likeness (QED) is 0.834. The van der Waals surface area contributed by atoms with Crippen molar-refractivity contribution in [1.82, 2.24) is 4.98 Å². The van der Waals surface area contributed by atoms with E-state index in [1.807, 2.05) is 36.2 Å². The van der Waals surface area contributed by atoms with Crippen LogP contribution in [-0.4, -0.2) is 22.9 Å². The van der Waals surface area contributed by atoms with E-state index in [9.17, 15) is 4.79 Å². The van der Waals surface area contributed by atoms with Gasteiger partial charge >= 0.3 is 0 Å². The zero-order valence-electron chi connectivity index (χ0n) is 10.9. The van der Waals surface area contributed by atoms with E-state index < -0.39 is 5.91 Å². The third-order valence-corrected chi connectivity index (χ3v) is 3.15. The fraction of sp³-hybridized carbons (Fsp3) is 0.0714. The minimum Gasteiger partial charge on any atom is -0.389 e. The van der Waals surface area contributed by atoms with Gasteiger partial charge in [0.25, 0.3) is 0 Å². The number of carbonyl (C=O) groups is 1. The van der Waals surface area contributed by atoms with E-state index in [2.05, 4.69) is 4.98 Å². The summed E-state index contributed by atoms with van der Waals surface area (Å²) in [6, 6.07) is 10.9. The number of rotatable bonds is 4. The van der Waals surface area contributed by atoms with E-state index in [0.29, 0.717) is 16.4 Å². The SMILES string of the molecule is CN(c1ccc(C(N)=S)cc1)c1ccc(C(N)=O)cn1. The number of anilines is 2. The average Bonchev–Trinajstić information content (AvgIpc) is 2.46. The van der Waals surface area contributed by atoms with Gasteiger partial charge in [-0.15, -0.1) is 0 Å². The molecule has 102 valence electrons. The van der Waals surface area contributed by atoms with Crippen molar-refractivity contribution in [2.24, 2.45) is 11.5 Å². The van der Waals surface area contributed by atoms with Gasteiger partial charge in [0.15, 0.2) is 0 Å². The van der Waals surface area contributed by atoms with Crippen molar-refractivity contribution in [1.29, 1.82) is 0 Å². The second-order valence-electron chi connectivity index (χ2n) is 4.24. The molecule has 0 saturated heterocycles. The number of carbonyl (C=O) groups excluding carboxylic acids is 1. The first-order valence-electron chi connectivity index (χ1n) is 5.88. The second kappa shape index (κ2) is 5.66. The lowest BCUT2D eigenvalue weighted by Gasteiger charge is -2.18. The van der Waals surface area contributed by atoms with Crippen LogP contribution in [0.3, 0.4) is 0 Å². The van der Waals surface area contributed by atoms with Crippen LogP contribution < -0.4 is 16.4 Å². The number of benzene rings is 1. The Balaban J connectivity index is 2.24. The Hall–Kier alpha value is -2.47. The monoisotopic (exact) mass is 286 g/mol. The normalized spacial score (nSPS) is 10.1. The summed E-state index contributed by atoms with van der Waals surface area (Å²) in [6.07, 6.45) is 1.46. The molecule has 0 unspecified atom stereocenters. The van der Waals surface area contributed by atoms with E-state index in [1.165, 1.54) is 6.20 Å². The molecule has 2 rings (SSSR count). The predicted octanol–water partition coefficient (Wildman–Crippen LogP) is 1.58. The van der Waals surface area contributed by atoms with Crippen molar-refractivity contribution in [3.05, 3.63) is 53.7 Å². The lowest BCUT2D eigenvalue weighted by molar-refractivity contribution is 0.1000. The molecule has 0 aliphatic rings. The number of pyridine rings is 1. The summed E-state index contributed by atoms with van der Waals surface area (Å²) in [6.45, 7) is 0. The molecule has 0 atom stereocenters. The standard InChI is InChI=1S/C14H14N4OS/c1-18(11-5-2-9(3-6-11)14(16)20)12-7-4-10(8-17-12)13(15)19/h2-8H,1H3,(H2,15,19)(H2,16,20). The Morgan fingerprint density at radius 1 is 1.10 bits per heavy atom. The summed E-state index contributed by atoms with van der Waals surface area (Å²) in [5.41, 5.74) is 12.9. The van der Waals surface area contributed by atoms with Crippen molar-refractivity contribution in [2.45, 2.75) is 0 Å². The molecule has 1 aromatic carbocycles. The highest BCUT2D eigenvalue weighted by atomic mass is 32.1. The first kappa shape index (κ1) is 14.0. The summed E-state index contributed by atoms with van der Waals surface area (Å²) in [4.78, 5) is 17.5. The molecule has 1 amide bonds. The fourth-order valence-electron chi connectivity index (χ4n) is 1.71. The van der Waals surface area contributed by atoms with Gasteiger partial charge in [-0.2, -0.15) is 0 Å². The van der Waals surface area contributed by atoms with E-state index in [4.69, 9.17) is 23.7 Å². The Bertz CT molecular complexity index is 580. The summed E-state index contributed by atoms with van der Waals surface area (Å²) in [7, 11) is 1.88. The fourth-order valence-corrected chi connectivity index (χ4v) is 1.85. The number of hydrogen-bond donors (Lipinski definition) is 2. The summed E-state index contributed by atoms with van der Waals surface area (Å²) >= 11 is 4.91. The largest absolute Gasteiger partial charge is 0.389 e. The van der Waals surface area contributed by atoms with Crippen LogP contribution in [0.2, 0.25) is 0 Å². The van der Waals surface area contributed by atoms with Gasteiger partial charge in [0.1, 0.15) is 10.8 Å².